The smallest absolute Gasteiger partial charge is 0.350 e. The van der Waals surface area contributed by atoms with Crippen LogP contribution >= 0.6 is 11.6 Å². The molecule has 0 aliphatic rings. The highest BCUT2D eigenvalue weighted by Crippen LogP contribution is 2.35. The van der Waals surface area contributed by atoms with Gasteiger partial charge in [-0.25, -0.2) is 0 Å². The van der Waals surface area contributed by atoms with Crippen molar-refractivity contribution in [1.29, 1.82) is 0 Å². The molecule has 1 amide bonds. The number of amides is 1. The van der Waals surface area contributed by atoms with Crippen LogP contribution in [0.15, 0.2) is 6.07 Å². The lowest BCUT2D eigenvalue weighted by molar-refractivity contribution is -0.141. The number of carbonyl (C=O) groups excluding carboxylic acids is 1. The van der Waals surface area contributed by atoms with Crippen LogP contribution in [0, 0.1) is 13.8 Å². The van der Waals surface area contributed by atoms with Gasteiger partial charge in [0.15, 0.2) is 5.69 Å². The van der Waals surface area contributed by atoms with Crippen molar-refractivity contribution < 1.29 is 18.0 Å². The van der Waals surface area contributed by atoms with Gasteiger partial charge in [0.05, 0.1) is 29.5 Å². The van der Waals surface area contributed by atoms with Crippen LogP contribution in [-0.2, 0) is 31.1 Å². The van der Waals surface area contributed by atoms with Gasteiger partial charge in [-0.15, -0.1) is 0 Å². The molecule has 0 fully saturated rings. The Balaban J connectivity index is 1.92. The van der Waals surface area contributed by atoms with Gasteiger partial charge in [-0.2, -0.15) is 23.4 Å². The van der Waals surface area contributed by atoms with Gasteiger partial charge in [-0.1, -0.05) is 11.6 Å². The summed E-state index contributed by atoms with van der Waals surface area (Å²) in [7, 11) is 1.79. The quantitative estimate of drug-likeness (QED) is 0.888. The average molecular weight is 364 g/mol. The van der Waals surface area contributed by atoms with E-state index in [1.165, 1.54) is 6.92 Å². The molecule has 0 atom stereocenters. The van der Waals surface area contributed by atoms with E-state index >= 15 is 0 Å². The molecule has 0 saturated heterocycles. The summed E-state index contributed by atoms with van der Waals surface area (Å²) in [4.78, 5) is 11.8. The van der Waals surface area contributed by atoms with Crippen molar-refractivity contribution in [2.45, 2.75) is 39.5 Å². The minimum Gasteiger partial charge on any atom is -0.350 e. The lowest BCUT2D eigenvalue weighted by Gasteiger charge is -2.05. The Bertz CT molecular complexity index is 731. The van der Waals surface area contributed by atoms with Gasteiger partial charge in [0, 0.05) is 19.2 Å². The van der Waals surface area contributed by atoms with Crippen LogP contribution in [-0.4, -0.2) is 25.5 Å². The second kappa shape index (κ2) is 6.84. The Labute approximate surface area is 141 Å². The maximum absolute atomic E-state index is 12.7. The number of halogens is 4. The fourth-order valence-corrected chi connectivity index (χ4v) is 2.37. The number of alkyl halides is 3. The molecule has 0 bridgehead atoms. The first-order valence-electron chi connectivity index (χ1n) is 7.16. The minimum atomic E-state index is -4.62. The maximum atomic E-state index is 12.7. The van der Waals surface area contributed by atoms with E-state index in [-0.39, 0.29) is 31.1 Å². The molecule has 0 aliphatic heterocycles. The number of hydrogen-bond donors (Lipinski definition) is 1. The van der Waals surface area contributed by atoms with Crippen LogP contribution < -0.4 is 5.32 Å². The molecule has 2 aromatic rings. The SMILES string of the molecule is Cc1cc(CNC(=O)CCn2nc(C(F)(F)F)c(Cl)c2C)nn1C. The number of aryl methyl sites for hydroxylation is 3. The summed E-state index contributed by atoms with van der Waals surface area (Å²) in [5.74, 6) is -0.308. The minimum absolute atomic E-state index is 0.00864. The molecule has 0 aliphatic carbocycles. The predicted octanol–water partition coefficient (Wildman–Crippen LogP) is 2.61. The average Bonchev–Trinajstić information content (AvgIpc) is 2.95. The monoisotopic (exact) mass is 363 g/mol. The van der Waals surface area contributed by atoms with Gasteiger partial charge in [0.1, 0.15) is 0 Å². The largest absolute Gasteiger partial charge is 0.436 e. The van der Waals surface area contributed by atoms with Gasteiger partial charge in [-0.3, -0.25) is 14.2 Å². The molecule has 6 nitrogen and oxygen atoms in total. The zero-order valence-electron chi connectivity index (χ0n) is 13.4. The molecule has 2 aromatic heterocycles. The third-order valence-corrected chi connectivity index (χ3v) is 4.04. The highest BCUT2D eigenvalue weighted by molar-refractivity contribution is 6.31. The van der Waals surface area contributed by atoms with E-state index in [9.17, 15) is 18.0 Å². The molecule has 0 spiro atoms. The van der Waals surface area contributed by atoms with Crippen molar-refractivity contribution in [3.63, 3.8) is 0 Å². The van der Waals surface area contributed by atoms with Crippen LogP contribution in [0.25, 0.3) is 0 Å². The second-order valence-corrected chi connectivity index (χ2v) is 5.77. The summed E-state index contributed by atoms with van der Waals surface area (Å²) < 4.78 is 41.0. The number of nitrogens with zero attached hydrogens (tertiary/aromatic N) is 4. The number of aromatic nitrogens is 4. The number of carbonyl (C=O) groups is 1. The molecular formula is C14H17ClF3N5O. The molecule has 0 aromatic carbocycles. The molecule has 24 heavy (non-hydrogen) atoms. The van der Waals surface area contributed by atoms with Crippen molar-refractivity contribution in [2.75, 3.05) is 0 Å². The Kier molecular flexibility index (Phi) is 5.22. The maximum Gasteiger partial charge on any atom is 0.436 e. The fourth-order valence-electron chi connectivity index (χ4n) is 2.13. The van der Waals surface area contributed by atoms with Crippen LogP contribution in [0.2, 0.25) is 5.02 Å². The van der Waals surface area contributed by atoms with Gasteiger partial charge in [0.2, 0.25) is 5.91 Å². The molecular weight excluding hydrogens is 347 g/mol. The molecule has 10 heteroatoms. The van der Waals surface area contributed by atoms with E-state index in [1.54, 1.807) is 11.7 Å². The van der Waals surface area contributed by atoms with Crippen molar-refractivity contribution in [2.24, 2.45) is 7.05 Å². The summed E-state index contributed by atoms with van der Waals surface area (Å²) in [6.45, 7) is 3.59. The second-order valence-electron chi connectivity index (χ2n) is 5.40. The van der Waals surface area contributed by atoms with Crippen molar-refractivity contribution in [3.8, 4) is 0 Å². The van der Waals surface area contributed by atoms with Gasteiger partial charge in [0.25, 0.3) is 0 Å². The van der Waals surface area contributed by atoms with Gasteiger partial charge >= 0.3 is 6.18 Å². The summed E-state index contributed by atoms with van der Waals surface area (Å²) in [5, 5.41) is 9.88. The molecule has 2 heterocycles. The standard InChI is InChI=1S/C14H17ClF3N5O/c1-8-6-10(20-22(8)3)7-19-11(24)4-5-23-9(2)12(15)13(21-23)14(16,17)18/h6H,4-5,7H2,1-3H3,(H,19,24). The first-order valence-corrected chi connectivity index (χ1v) is 7.53. The zero-order valence-corrected chi connectivity index (χ0v) is 14.2. The van der Waals surface area contributed by atoms with Crippen LogP contribution in [0.1, 0.15) is 29.2 Å². The predicted molar refractivity (Wildman–Crippen MR) is 81.4 cm³/mol. The molecule has 2 rings (SSSR count). The Hall–Kier alpha value is -2.03. The van der Waals surface area contributed by atoms with E-state index in [2.05, 4.69) is 15.5 Å². The van der Waals surface area contributed by atoms with Crippen molar-refractivity contribution >= 4 is 17.5 Å². The van der Waals surface area contributed by atoms with E-state index in [4.69, 9.17) is 11.6 Å². The summed E-state index contributed by atoms with van der Waals surface area (Å²) in [5.41, 5.74) is 0.713. The number of nitrogens with one attached hydrogen (secondary N) is 1. The Morgan fingerprint density at radius 2 is 2.00 bits per heavy atom. The van der Waals surface area contributed by atoms with E-state index in [0.29, 0.717) is 5.69 Å². The molecule has 132 valence electrons. The third-order valence-electron chi connectivity index (χ3n) is 3.58. The van der Waals surface area contributed by atoms with Crippen LogP contribution in [0.4, 0.5) is 13.2 Å². The summed E-state index contributed by atoms with van der Waals surface area (Å²) in [6, 6.07) is 1.84. The normalized spacial score (nSPS) is 11.8. The lowest BCUT2D eigenvalue weighted by Crippen LogP contribution is -2.24. The van der Waals surface area contributed by atoms with Crippen LogP contribution in [0.5, 0.6) is 0 Å². The molecule has 0 unspecified atom stereocenters. The van der Waals surface area contributed by atoms with Gasteiger partial charge in [-0.05, 0) is 19.9 Å². The zero-order chi connectivity index (χ0) is 18.1. The van der Waals surface area contributed by atoms with E-state index < -0.39 is 16.9 Å². The number of hydrogen-bond acceptors (Lipinski definition) is 3. The van der Waals surface area contributed by atoms with E-state index in [0.717, 1.165) is 10.4 Å². The molecule has 1 N–H and O–H groups in total. The van der Waals surface area contributed by atoms with Crippen molar-refractivity contribution in [3.05, 3.63) is 33.9 Å². The van der Waals surface area contributed by atoms with Gasteiger partial charge < -0.3 is 5.32 Å². The Morgan fingerprint density at radius 1 is 1.33 bits per heavy atom. The number of rotatable bonds is 5. The highest BCUT2D eigenvalue weighted by Gasteiger charge is 2.38. The highest BCUT2D eigenvalue weighted by atomic mass is 35.5. The fraction of sp³-hybridized carbons (Fsp3) is 0.500. The van der Waals surface area contributed by atoms with Crippen molar-refractivity contribution in [1.82, 2.24) is 24.9 Å². The lowest BCUT2D eigenvalue weighted by atomic mass is 10.3. The summed E-state index contributed by atoms with van der Waals surface area (Å²) >= 11 is 5.66. The third kappa shape index (κ3) is 4.08. The Morgan fingerprint density at radius 3 is 2.50 bits per heavy atom. The van der Waals surface area contributed by atoms with E-state index in [1.807, 2.05) is 13.0 Å². The molecule has 0 saturated carbocycles. The summed E-state index contributed by atoms with van der Waals surface area (Å²) in [6.07, 6.45) is -4.63. The first-order chi connectivity index (χ1) is 11.1. The topological polar surface area (TPSA) is 64.7 Å². The first kappa shape index (κ1) is 18.3. The molecule has 0 radical (unpaired) electrons. The van der Waals surface area contributed by atoms with Crippen LogP contribution in [0.3, 0.4) is 0 Å².